The Morgan fingerprint density at radius 1 is 0.938 bits per heavy atom. The summed E-state index contributed by atoms with van der Waals surface area (Å²) in [5.74, 6) is 2.77. The highest BCUT2D eigenvalue weighted by Gasteiger charge is 2.21. The molecule has 5 nitrogen and oxygen atoms in total. The van der Waals surface area contributed by atoms with Crippen LogP contribution in [0.3, 0.4) is 0 Å². The number of benzene rings is 3. The zero-order valence-corrected chi connectivity index (χ0v) is 19.1. The van der Waals surface area contributed by atoms with Gasteiger partial charge in [-0.1, -0.05) is 30.3 Å². The Balaban J connectivity index is 1.48. The number of carbonyl (C=O) groups is 1. The van der Waals surface area contributed by atoms with E-state index in [4.69, 9.17) is 9.47 Å². The summed E-state index contributed by atoms with van der Waals surface area (Å²) < 4.78 is 13.4. The molecule has 32 heavy (non-hydrogen) atoms. The first kappa shape index (κ1) is 21.0. The van der Waals surface area contributed by atoms with Crippen molar-refractivity contribution in [3.8, 4) is 11.5 Å². The number of para-hydroxylation sites is 2. The summed E-state index contributed by atoms with van der Waals surface area (Å²) in [6.45, 7) is -0.0272. The molecule has 0 spiro atoms. The minimum atomic E-state index is -0.431. The smallest absolute Gasteiger partial charge is 0.331 e. The zero-order chi connectivity index (χ0) is 22.1. The lowest BCUT2D eigenvalue weighted by atomic mass is 10.1. The third-order valence-corrected chi connectivity index (χ3v) is 8.58. The summed E-state index contributed by atoms with van der Waals surface area (Å²) in [4.78, 5) is 25.9. The number of thioether (sulfide) groups is 2. The number of pyridine rings is 1. The first-order valence-corrected chi connectivity index (χ1v) is 12.4. The molecule has 0 radical (unpaired) electrons. The normalized spacial score (nSPS) is 14.2. The van der Waals surface area contributed by atoms with Crippen molar-refractivity contribution in [1.82, 2.24) is 4.57 Å². The molecule has 3 aromatic carbocycles. The number of nitrogens with zero attached hydrogens (tertiary/aromatic N) is 1. The number of ether oxygens (including phenoxy) is 2. The molecule has 7 heteroatoms. The van der Waals surface area contributed by atoms with Crippen molar-refractivity contribution in [2.24, 2.45) is 0 Å². The van der Waals surface area contributed by atoms with E-state index in [0.717, 1.165) is 17.1 Å². The fourth-order valence-electron chi connectivity index (χ4n) is 4.00. The van der Waals surface area contributed by atoms with Crippen LogP contribution in [0.1, 0.15) is 10.1 Å². The third-order valence-electron chi connectivity index (χ3n) is 5.47. The van der Waals surface area contributed by atoms with Gasteiger partial charge in [0, 0.05) is 22.3 Å². The van der Waals surface area contributed by atoms with Crippen LogP contribution < -0.4 is 14.9 Å². The van der Waals surface area contributed by atoms with Crippen molar-refractivity contribution in [2.75, 3.05) is 18.6 Å². The molecule has 2 heterocycles. The number of esters is 1. The molecule has 5 rings (SSSR count). The van der Waals surface area contributed by atoms with Crippen molar-refractivity contribution >= 4 is 51.3 Å². The number of rotatable bonds is 5. The molecule has 0 saturated carbocycles. The highest BCUT2D eigenvalue weighted by molar-refractivity contribution is 8.19. The van der Waals surface area contributed by atoms with E-state index < -0.39 is 5.97 Å². The zero-order valence-electron chi connectivity index (χ0n) is 17.4. The maximum Gasteiger partial charge on any atom is 0.331 e. The van der Waals surface area contributed by atoms with Crippen LogP contribution in [-0.2, 0) is 11.3 Å². The van der Waals surface area contributed by atoms with Crippen molar-refractivity contribution in [1.29, 1.82) is 0 Å². The van der Waals surface area contributed by atoms with Crippen LogP contribution >= 0.6 is 23.5 Å². The topological polar surface area (TPSA) is 57.5 Å². The van der Waals surface area contributed by atoms with Gasteiger partial charge in [-0.3, -0.25) is 4.79 Å². The molecule has 1 saturated heterocycles. The van der Waals surface area contributed by atoms with Crippen LogP contribution in [0.5, 0.6) is 11.5 Å². The number of aromatic nitrogens is 1. The summed E-state index contributed by atoms with van der Waals surface area (Å²) in [5, 5.41) is 1.15. The van der Waals surface area contributed by atoms with E-state index in [1.165, 1.54) is 0 Å². The molecule has 0 unspecified atom stereocenters. The molecule has 0 N–H and O–H groups in total. The summed E-state index contributed by atoms with van der Waals surface area (Å²) in [6.07, 6.45) is 0. The minimum Gasteiger partial charge on any atom is -0.493 e. The van der Waals surface area contributed by atoms with Crippen LogP contribution in [0.15, 0.2) is 71.5 Å². The van der Waals surface area contributed by atoms with Gasteiger partial charge in [-0.25, -0.2) is 4.79 Å². The lowest BCUT2D eigenvalue weighted by Gasteiger charge is -2.16. The second-order valence-electron chi connectivity index (χ2n) is 7.41. The van der Waals surface area contributed by atoms with E-state index >= 15 is 0 Å². The molecule has 1 aliphatic rings. The number of hydrogen-bond acceptors (Lipinski definition) is 6. The number of hydrogen-bond donors (Lipinski definition) is 0. The Bertz CT molecular complexity index is 1320. The first-order valence-electron chi connectivity index (χ1n) is 10.3. The van der Waals surface area contributed by atoms with Gasteiger partial charge in [0.1, 0.15) is 6.54 Å². The molecule has 4 aromatic rings. The lowest BCUT2D eigenvalue weighted by Crippen LogP contribution is -2.20. The Labute approximate surface area is 193 Å². The lowest BCUT2D eigenvalue weighted by molar-refractivity contribution is -0.135. The molecule has 1 fully saturated rings. The highest BCUT2D eigenvalue weighted by atomic mass is 32.2. The number of methoxy groups -OCH3 is 1. The maximum absolute atomic E-state index is 13.0. The predicted molar refractivity (Wildman–Crippen MR) is 132 cm³/mol. The standard InChI is InChI=1S/C25H21NO4S2/c1-29-22-14-16(25-31-12-13-32-25)10-11-21(22)30-23(27)15-26-19-8-4-2-6-17(19)24(28)18-7-3-5-9-20(18)26/h2-11,14,25H,12-13,15H2,1H3. The van der Waals surface area contributed by atoms with E-state index in [9.17, 15) is 9.59 Å². The molecule has 1 aromatic heterocycles. The first-order chi connectivity index (χ1) is 15.7. The van der Waals surface area contributed by atoms with Gasteiger partial charge in [-0.05, 0) is 42.0 Å². The third kappa shape index (κ3) is 3.87. The molecule has 1 aliphatic heterocycles. The Hall–Kier alpha value is -2.90. The Morgan fingerprint density at radius 3 is 2.19 bits per heavy atom. The summed E-state index contributed by atoms with van der Waals surface area (Å²) in [6, 6.07) is 20.4. The largest absolute Gasteiger partial charge is 0.493 e. The van der Waals surface area contributed by atoms with E-state index in [-0.39, 0.29) is 12.0 Å². The molecule has 0 atom stereocenters. The minimum absolute atomic E-state index is 0.0272. The monoisotopic (exact) mass is 463 g/mol. The van der Waals surface area contributed by atoms with Gasteiger partial charge in [0.2, 0.25) is 0 Å². The summed E-state index contributed by atoms with van der Waals surface area (Å²) in [5.41, 5.74) is 2.52. The van der Waals surface area contributed by atoms with Gasteiger partial charge in [0.15, 0.2) is 16.9 Å². The SMILES string of the molecule is COc1cc(C2SCCS2)ccc1OC(=O)Cn1c2ccccc2c(=O)c2ccccc21. The summed E-state index contributed by atoms with van der Waals surface area (Å²) >= 11 is 3.82. The van der Waals surface area contributed by atoms with Crippen molar-refractivity contribution in [3.05, 3.63) is 82.5 Å². The summed E-state index contributed by atoms with van der Waals surface area (Å²) in [7, 11) is 1.58. The van der Waals surface area contributed by atoms with E-state index in [1.54, 1.807) is 25.3 Å². The van der Waals surface area contributed by atoms with Gasteiger partial charge in [-0.15, -0.1) is 23.5 Å². The molecular formula is C25H21NO4S2. The van der Waals surface area contributed by atoms with Crippen molar-refractivity contribution in [3.63, 3.8) is 0 Å². The van der Waals surface area contributed by atoms with Crippen LogP contribution in [0.4, 0.5) is 0 Å². The van der Waals surface area contributed by atoms with Crippen LogP contribution in [0.25, 0.3) is 21.8 Å². The fraction of sp³-hybridized carbons (Fsp3) is 0.200. The second kappa shape index (κ2) is 8.92. The van der Waals surface area contributed by atoms with Crippen LogP contribution in [0, 0.1) is 0 Å². The number of fused-ring (bicyclic) bond motifs is 2. The van der Waals surface area contributed by atoms with Gasteiger partial charge in [-0.2, -0.15) is 0 Å². The molecule has 0 bridgehead atoms. The van der Waals surface area contributed by atoms with Crippen molar-refractivity contribution < 1.29 is 14.3 Å². The average Bonchev–Trinajstić information content (AvgIpc) is 3.37. The van der Waals surface area contributed by atoms with Crippen LogP contribution in [0.2, 0.25) is 0 Å². The molecule has 0 amide bonds. The quantitative estimate of drug-likeness (QED) is 0.229. The Kier molecular flexibility index (Phi) is 5.85. The number of carbonyl (C=O) groups excluding carboxylic acids is 1. The van der Waals surface area contributed by atoms with Crippen molar-refractivity contribution in [2.45, 2.75) is 11.1 Å². The molecular weight excluding hydrogens is 442 g/mol. The van der Waals surface area contributed by atoms with E-state index in [2.05, 4.69) is 0 Å². The maximum atomic E-state index is 13.0. The van der Waals surface area contributed by atoms with E-state index in [1.807, 2.05) is 76.6 Å². The highest BCUT2D eigenvalue weighted by Crippen LogP contribution is 2.47. The second-order valence-corrected chi connectivity index (χ2v) is 10.1. The molecule has 162 valence electrons. The predicted octanol–water partition coefficient (Wildman–Crippen LogP) is 5.25. The van der Waals surface area contributed by atoms with Gasteiger partial charge in [0.05, 0.1) is 22.7 Å². The van der Waals surface area contributed by atoms with Crippen LogP contribution in [-0.4, -0.2) is 29.2 Å². The molecule has 0 aliphatic carbocycles. The average molecular weight is 464 g/mol. The van der Waals surface area contributed by atoms with Gasteiger partial charge >= 0.3 is 5.97 Å². The van der Waals surface area contributed by atoms with E-state index in [0.29, 0.717) is 37.9 Å². The Morgan fingerprint density at radius 2 is 1.56 bits per heavy atom. The fourth-order valence-corrected chi connectivity index (χ4v) is 6.84. The van der Waals surface area contributed by atoms with Gasteiger partial charge in [0.25, 0.3) is 0 Å². The van der Waals surface area contributed by atoms with Gasteiger partial charge < -0.3 is 14.0 Å².